The number of hydrogen-bond acceptors (Lipinski definition) is 8. The number of rotatable bonds is 4. The molecule has 3 aliphatic heterocycles. The van der Waals surface area contributed by atoms with Crippen molar-refractivity contribution in [2.24, 2.45) is 35.0 Å². The van der Waals surface area contributed by atoms with Gasteiger partial charge in [0.15, 0.2) is 11.6 Å². The Morgan fingerprint density at radius 3 is 2.69 bits per heavy atom. The number of alkyl halides is 1. The molecule has 240 valence electrons. The van der Waals surface area contributed by atoms with Gasteiger partial charge in [-0.15, -0.1) is 0 Å². The lowest BCUT2D eigenvalue weighted by atomic mass is 9.77. The number of likely N-dealkylation sites (tertiary alicyclic amines) is 2. The minimum Gasteiger partial charge on any atom is -0.472 e. The van der Waals surface area contributed by atoms with Gasteiger partial charge in [0.1, 0.15) is 30.4 Å². The first-order valence-corrected chi connectivity index (χ1v) is 15.9. The van der Waals surface area contributed by atoms with E-state index in [1.807, 2.05) is 27.7 Å². The monoisotopic (exact) mass is 622 g/mol. The number of nitrogens with zero attached hydrogens (tertiary/aromatic N) is 4. The van der Waals surface area contributed by atoms with E-state index in [0.717, 1.165) is 6.42 Å². The molecule has 2 saturated heterocycles. The van der Waals surface area contributed by atoms with Crippen LogP contribution in [-0.4, -0.2) is 87.7 Å². The summed E-state index contributed by atoms with van der Waals surface area (Å²) < 4.78 is 26.9. The predicted octanol–water partition coefficient (Wildman–Crippen LogP) is 2.65. The number of halogens is 1. The van der Waals surface area contributed by atoms with Gasteiger partial charge in [0.2, 0.25) is 17.4 Å². The first kappa shape index (κ1) is 29.7. The van der Waals surface area contributed by atoms with Gasteiger partial charge in [-0.3, -0.25) is 14.4 Å². The van der Waals surface area contributed by atoms with E-state index in [0.29, 0.717) is 18.6 Å². The second-order valence-electron chi connectivity index (χ2n) is 14.9. The van der Waals surface area contributed by atoms with Crippen LogP contribution in [0.15, 0.2) is 18.3 Å². The minimum atomic E-state index is -1.52. The van der Waals surface area contributed by atoms with Crippen molar-refractivity contribution in [3.05, 3.63) is 18.3 Å². The molecule has 2 bridgehead atoms. The summed E-state index contributed by atoms with van der Waals surface area (Å²) in [6, 6.07) is 2.41. The number of aromatic nitrogens is 1. The van der Waals surface area contributed by atoms with E-state index < -0.39 is 71.0 Å². The molecule has 11 atom stereocenters. The molecule has 0 radical (unpaired) electrons. The van der Waals surface area contributed by atoms with Crippen LogP contribution in [0.25, 0.3) is 0 Å². The largest absolute Gasteiger partial charge is 0.472 e. The van der Waals surface area contributed by atoms with E-state index in [4.69, 9.17) is 9.47 Å². The van der Waals surface area contributed by atoms with Gasteiger partial charge in [0.05, 0.1) is 12.6 Å². The molecule has 2 N–H and O–H groups in total. The molecule has 45 heavy (non-hydrogen) atoms. The summed E-state index contributed by atoms with van der Waals surface area (Å²) in [7, 11) is 0. The summed E-state index contributed by atoms with van der Waals surface area (Å²) in [5.74, 6) is -1.47. The molecule has 4 heterocycles. The summed E-state index contributed by atoms with van der Waals surface area (Å²) in [5.41, 5.74) is -2.25. The Morgan fingerprint density at radius 2 is 2.00 bits per heavy atom. The van der Waals surface area contributed by atoms with Gasteiger partial charge >= 0.3 is 6.09 Å². The van der Waals surface area contributed by atoms with Gasteiger partial charge in [-0.2, -0.15) is 5.26 Å². The van der Waals surface area contributed by atoms with E-state index in [1.165, 1.54) is 16.0 Å². The molecule has 1 spiro atoms. The van der Waals surface area contributed by atoms with Crippen LogP contribution >= 0.6 is 0 Å². The molecule has 3 saturated carbocycles. The van der Waals surface area contributed by atoms with Crippen molar-refractivity contribution in [3.8, 4) is 11.8 Å². The molecule has 1 aromatic rings. The second-order valence-corrected chi connectivity index (χ2v) is 14.9. The van der Waals surface area contributed by atoms with Crippen LogP contribution in [0.5, 0.6) is 5.75 Å². The van der Waals surface area contributed by atoms with Gasteiger partial charge in [0.25, 0.3) is 5.91 Å². The highest BCUT2D eigenvalue weighted by molar-refractivity contribution is 6.01. The molecule has 0 aromatic carbocycles. The molecule has 11 unspecified atom stereocenters. The van der Waals surface area contributed by atoms with E-state index in [-0.39, 0.29) is 49.2 Å². The molecule has 6 aliphatic rings. The maximum atomic E-state index is 15.3. The third-order valence-electron chi connectivity index (χ3n) is 11.0. The maximum absolute atomic E-state index is 15.3. The summed E-state index contributed by atoms with van der Waals surface area (Å²) in [6.45, 7) is 7.50. The Kier molecular flexibility index (Phi) is 6.80. The Balaban J connectivity index is 1.19. The number of hydrogen-bond donors (Lipinski definition) is 2. The fraction of sp³-hybridized carbons (Fsp3) is 0.688. The topological polar surface area (TPSA) is 154 Å². The lowest BCUT2D eigenvalue weighted by molar-refractivity contribution is -0.149. The van der Waals surface area contributed by atoms with Crippen LogP contribution in [0.1, 0.15) is 53.4 Å². The van der Waals surface area contributed by atoms with Gasteiger partial charge in [-0.25, -0.2) is 14.2 Å². The molecule has 5 fully saturated rings. The molecule has 13 heteroatoms. The average molecular weight is 623 g/mol. The van der Waals surface area contributed by atoms with Crippen molar-refractivity contribution in [1.82, 2.24) is 20.1 Å². The lowest BCUT2D eigenvalue weighted by Gasteiger charge is -2.38. The highest BCUT2D eigenvalue weighted by atomic mass is 19.1. The standard InChI is InChI=1S/C32H39FN6O6/c1-15-8-22(15)44-30(43)36-25(31(2,3)4)28(41)38-13-19-16-9-18(20(33)10-16)23(19)24(38)27(40)39-14-32(11-17(39)12-34)29(42)37-26-21(45-32)6-5-7-35-26/h5-7,15-20,22-25H,8-11,13-14H2,1-4H3,(H,36,43)(H,35,37,42). The van der Waals surface area contributed by atoms with E-state index >= 15 is 4.39 Å². The van der Waals surface area contributed by atoms with Crippen molar-refractivity contribution in [2.45, 2.75) is 89.4 Å². The number of pyridine rings is 1. The van der Waals surface area contributed by atoms with Crippen molar-refractivity contribution in [3.63, 3.8) is 0 Å². The first-order valence-electron chi connectivity index (χ1n) is 15.9. The second kappa shape index (κ2) is 10.3. The molecule has 12 nitrogen and oxygen atoms in total. The quantitative estimate of drug-likeness (QED) is 0.520. The highest BCUT2D eigenvalue weighted by Gasteiger charge is 2.65. The Hall–Kier alpha value is -3.95. The summed E-state index contributed by atoms with van der Waals surface area (Å²) in [5, 5.41) is 15.7. The number of carbonyl (C=O) groups excluding carboxylic acids is 4. The molecule has 1 aromatic heterocycles. The summed E-state index contributed by atoms with van der Waals surface area (Å²) in [4.78, 5) is 62.3. The van der Waals surface area contributed by atoms with E-state index in [9.17, 15) is 24.4 Å². The third-order valence-corrected chi connectivity index (χ3v) is 11.0. The molecule has 4 amide bonds. The zero-order valence-electron chi connectivity index (χ0n) is 25.9. The lowest BCUT2D eigenvalue weighted by Crippen LogP contribution is -2.60. The third kappa shape index (κ3) is 4.79. The SMILES string of the molecule is CC1CC1OC(=O)NC(C(=O)N1CC2C3CC(F)C(C3)C2C1C(=O)N1CC2(CC1C#N)Oc1cccnc1NC2=O)C(C)(C)C. The molecular formula is C32H39FN6O6. The number of carbonyl (C=O) groups is 4. The van der Waals surface area contributed by atoms with Crippen molar-refractivity contribution < 1.29 is 33.0 Å². The summed E-state index contributed by atoms with van der Waals surface area (Å²) >= 11 is 0. The fourth-order valence-corrected chi connectivity index (χ4v) is 8.48. The van der Waals surface area contributed by atoms with Gasteiger partial charge < -0.3 is 29.9 Å². The smallest absolute Gasteiger partial charge is 0.408 e. The van der Waals surface area contributed by atoms with Crippen LogP contribution in [0.4, 0.5) is 15.0 Å². The summed E-state index contributed by atoms with van der Waals surface area (Å²) in [6.07, 6.45) is 1.30. The normalized spacial score (nSPS) is 38.1. The number of ether oxygens (including phenoxy) is 2. The van der Waals surface area contributed by atoms with Crippen LogP contribution in [0.2, 0.25) is 0 Å². The zero-order valence-corrected chi connectivity index (χ0v) is 25.9. The van der Waals surface area contributed by atoms with Crippen LogP contribution in [0, 0.1) is 46.3 Å². The van der Waals surface area contributed by atoms with Crippen molar-refractivity contribution in [1.29, 1.82) is 5.26 Å². The van der Waals surface area contributed by atoms with Crippen LogP contribution in [-0.2, 0) is 19.1 Å². The van der Waals surface area contributed by atoms with Gasteiger partial charge in [0, 0.05) is 19.2 Å². The number of fused-ring (bicyclic) bond motifs is 6. The molecular weight excluding hydrogens is 583 g/mol. The molecule has 3 aliphatic carbocycles. The number of alkyl carbamates (subject to hydrolysis) is 1. The molecule has 7 rings (SSSR count). The van der Waals surface area contributed by atoms with Gasteiger partial charge in [-0.1, -0.05) is 27.7 Å². The zero-order chi connectivity index (χ0) is 32.0. The number of amides is 4. The Labute approximate surface area is 261 Å². The fourth-order valence-electron chi connectivity index (χ4n) is 8.48. The van der Waals surface area contributed by atoms with E-state index in [1.54, 1.807) is 12.1 Å². The minimum absolute atomic E-state index is 0.0404. The van der Waals surface area contributed by atoms with Crippen molar-refractivity contribution >= 4 is 29.6 Å². The average Bonchev–Trinajstić information content (AvgIpc) is 3.39. The van der Waals surface area contributed by atoms with Crippen molar-refractivity contribution in [2.75, 3.05) is 18.4 Å². The number of nitrogens with one attached hydrogen (secondary N) is 2. The van der Waals surface area contributed by atoms with Gasteiger partial charge in [-0.05, 0) is 66.4 Å². The first-order chi connectivity index (χ1) is 21.3. The Morgan fingerprint density at radius 1 is 1.24 bits per heavy atom. The van der Waals surface area contributed by atoms with Crippen LogP contribution in [0.3, 0.4) is 0 Å². The predicted molar refractivity (Wildman–Crippen MR) is 156 cm³/mol. The van der Waals surface area contributed by atoms with Crippen LogP contribution < -0.4 is 15.4 Å². The Bertz CT molecular complexity index is 1490. The van der Waals surface area contributed by atoms with E-state index in [2.05, 4.69) is 21.7 Å². The highest BCUT2D eigenvalue weighted by Crippen LogP contribution is 2.59. The maximum Gasteiger partial charge on any atom is 0.408 e. The number of nitriles is 1. The number of anilines is 1.